The van der Waals surface area contributed by atoms with Crippen molar-refractivity contribution in [1.82, 2.24) is 16.0 Å². The number of alkyl halides is 2. The maximum absolute atomic E-state index is 14.3. The first-order valence-electron chi connectivity index (χ1n) is 10.3. The summed E-state index contributed by atoms with van der Waals surface area (Å²) < 4.78 is 33.4. The van der Waals surface area contributed by atoms with Crippen LogP contribution in [0.4, 0.5) is 8.78 Å². The first-order chi connectivity index (χ1) is 13.3. The highest BCUT2D eigenvalue weighted by molar-refractivity contribution is 6.00. The zero-order valence-electron chi connectivity index (χ0n) is 16.3. The number of ether oxygens (including phenoxy) is 1. The molecule has 0 aromatic heterocycles. The molecule has 156 valence electrons. The number of piperidine rings is 1. The Morgan fingerprint density at radius 1 is 1.32 bits per heavy atom. The first kappa shape index (κ1) is 19.8. The summed E-state index contributed by atoms with van der Waals surface area (Å²) in [5.41, 5.74) is 1.44. The Kier molecular flexibility index (Phi) is 5.44. The second-order valence-electron chi connectivity index (χ2n) is 8.68. The molecule has 4 rings (SSSR count). The van der Waals surface area contributed by atoms with E-state index in [1.54, 1.807) is 0 Å². The fourth-order valence-corrected chi connectivity index (χ4v) is 5.54. The lowest BCUT2D eigenvalue weighted by Gasteiger charge is -2.42. The number of hydrogen-bond donors (Lipinski definition) is 3. The van der Waals surface area contributed by atoms with Gasteiger partial charge in [-0.2, -0.15) is 0 Å². The van der Waals surface area contributed by atoms with Gasteiger partial charge in [-0.15, -0.1) is 0 Å². The summed E-state index contributed by atoms with van der Waals surface area (Å²) in [5.74, 6) is -0.852. The SMILES string of the molecule is CC1=C(CC(=O)N[C@@H]2COC3CC(F)CC(F)C32)C(=O)NC2CCNC(C)C12. The summed E-state index contributed by atoms with van der Waals surface area (Å²) >= 11 is 0. The van der Waals surface area contributed by atoms with Crippen molar-refractivity contribution in [2.45, 2.75) is 76.1 Å². The summed E-state index contributed by atoms with van der Waals surface area (Å²) in [6.07, 6.45) is -2.13. The number of halogens is 2. The van der Waals surface area contributed by atoms with Crippen LogP contribution in [-0.4, -0.2) is 61.5 Å². The number of hydrogen-bond acceptors (Lipinski definition) is 4. The molecule has 2 saturated heterocycles. The van der Waals surface area contributed by atoms with Crippen LogP contribution >= 0.6 is 0 Å². The van der Waals surface area contributed by atoms with Gasteiger partial charge in [-0.05, 0) is 26.8 Å². The van der Waals surface area contributed by atoms with Gasteiger partial charge in [0, 0.05) is 42.3 Å². The van der Waals surface area contributed by atoms with Crippen molar-refractivity contribution in [2.75, 3.05) is 13.2 Å². The van der Waals surface area contributed by atoms with E-state index in [-0.39, 0.29) is 55.7 Å². The van der Waals surface area contributed by atoms with Gasteiger partial charge in [-0.1, -0.05) is 5.57 Å². The fourth-order valence-electron chi connectivity index (χ4n) is 5.54. The predicted octanol–water partition coefficient (Wildman–Crippen LogP) is 1.16. The lowest BCUT2D eigenvalue weighted by Crippen LogP contribution is -2.57. The second kappa shape index (κ2) is 7.71. The van der Waals surface area contributed by atoms with E-state index in [1.807, 2.05) is 6.92 Å². The van der Waals surface area contributed by atoms with Crippen LogP contribution < -0.4 is 16.0 Å². The molecular weight excluding hydrogens is 368 g/mol. The highest BCUT2D eigenvalue weighted by Crippen LogP contribution is 2.38. The second-order valence-corrected chi connectivity index (χ2v) is 8.68. The molecule has 1 saturated carbocycles. The Labute approximate surface area is 163 Å². The van der Waals surface area contributed by atoms with E-state index in [2.05, 4.69) is 22.9 Å². The summed E-state index contributed by atoms with van der Waals surface area (Å²) in [6.45, 7) is 5.07. The van der Waals surface area contributed by atoms with Gasteiger partial charge < -0.3 is 20.7 Å². The lowest BCUT2D eigenvalue weighted by molar-refractivity contribution is -0.125. The summed E-state index contributed by atoms with van der Waals surface area (Å²) in [7, 11) is 0. The normalized spacial score (nSPS) is 43.2. The van der Waals surface area contributed by atoms with E-state index < -0.39 is 30.4 Å². The van der Waals surface area contributed by atoms with Crippen molar-refractivity contribution in [3.63, 3.8) is 0 Å². The van der Waals surface area contributed by atoms with Gasteiger partial charge in [0.2, 0.25) is 11.8 Å². The fraction of sp³-hybridized carbons (Fsp3) is 0.800. The number of carbonyl (C=O) groups is 2. The average Bonchev–Trinajstić information content (AvgIpc) is 3.01. The van der Waals surface area contributed by atoms with Gasteiger partial charge in [-0.25, -0.2) is 8.78 Å². The summed E-state index contributed by atoms with van der Waals surface area (Å²) in [4.78, 5) is 25.2. The maximum atomic E-state index is 14.3. The third-order valence-corrected chi connectivity index (χ3v) is 6.91. The minimum Gasteiger partial charge on any atom is -0.375 e. The molecule has 8 heteroatoms. The summed E-state index contributed by atoms with van der Waals surface area (Å²) in [5, 5.41) is 9.30. The van der Waals surface area contributed by atoms with E-state index in [1.165, 1.54) is 0 Å². The van der Waals surface area contributed by atoms with Crippen LogP contribution in [0.3, 0.4) is 0 Å². The molecule has 0 aromatic carbocycles. The largest absolute Gasteiger partial charge is 0.375 e. The van der Waals surface area contributed by atoms with Crippen molar-refractivity contribution in [1.29, 1.82) is 0 Å². The Hall–Kier alpha value is -1.54. The van der Waals surface area contributed by atoms with E-state index in [0.29, 0.717) is 5.57 Å². The Balaban J connectivity index is 1.43. The molecule has 0 spiro atoms. The number of amides is 2. The van der Waals surface area contributed by atoms with Gasteiger partial charge in [0.15, 0.2) is 0 Å². The Bertz CT molecular complexity index is 686. The molecule has 1 aliphatic carbocycles. The molecule has 3 fully saturated rings. The third kappa shape index (κ3) is 3.56. The predicted molar refractivity (Wildman–Crippen MR) is 99.0 cm³/mol. The highest BCUT2D eigenvalue weighted by Gasteiger charge is 2.48. The van der Waals surface area contributed by atoms with Crippen LogP contribution in [0.25, 0.3) is 0 Å². The van der Waals surface area contributed by atoms with Gasteiger partial charge in [-0.3, -0.25) is 9.59 Å². The van der Waals surface area contributed by atoms with E-state index in [4.69, 9.17) is 4.74 Å². The molecule has 3 aliphatic heterocycles. The first-order valence-corrected chi connectivity index (χ1v) is 10.3. The zero-order valence-corrected chi connectivity index (χ0v) is 16.3. The van der Waals surface area contributed by atoms with Crippen LogP contribution in [0.5, 0.6) is 0 Å². The van der Waals surface area contributed by atoms with Gasteiger partial charge in [0.25, 0.3) is 0 Å². The molecule has 0 bridgehead atoms. The molecular formula is C20H29F2N3O3. The van der Waals surface area contributed by atoms with E-state index in [0.717, 1.165) is 18.5 Å². The van der Waals surface area contributed by atoms with Crippen molar-refractivity contribution in [3.05, 3.63) is 11.1 Å². The highest BCUT2D eigenvalue weighted by atomic mass is 19.1. The topological polar surface area (TPSA) is 79.5 Å². The van der Waals surface area contributed by atoms with E-state index >= 15 is 0 Å². The molecule has 28 heavy (non-hydrogen) atoms. The van der Waals surface area contributed by atoms with Crippen LogP contribution in [0.15, 0.2) is 11.1 Å². The van der Waals surface area contributed by atoms with Crippen molar-refractivity contribution in [3.8, 4) is 0 Å². The van der Waals surface area contributed by atoms with Crippen molar-refractivity contribution < 1.29 is 23.1 Å². The van der Waals surface area contributed by atoms with Crippen molar-refractivity contribution in [2.24, 2.45) is 11.8 Å². The van der Waals surface area contributed by atoms with Gasteiger partial charge in [0.1, 0.15) is 12.3 Å². The van der Waals surface area contributed by atoms with Crippen LogP contribution in [0.2, 0.25) is 0 Å². The minimum absolute atomic E-state index is 0.0375. The molecule has 6 nitrogen and oxygen atoms in total. The van der Waals surface area contributed by atoms with Crippen LogP contribution in [0, 0.1) is 11.8 Å². The number of fused-ring (bicyclic) bond motifs is 2. The molecule has 2 amide bonds. The Morgan fingerprint density at radius 3 is 2.89 bits per heavy atom. The monoisotopic (exact) mass is 397 g/mol. The summed E-state index contributed by atoms with van der Waals surface area (Å²) in [6, 6.07) is -0.150. The lowest BCUT2D eigenvalue weighted by atomic mass is 9.76. The van der Waals surface area contributed by atoms with Gasteiger partial charge in [0.05, 0.1) is 25.2 Å². The smallest absolute Gasteiger partial charge is 0.247 e. The molecule has 3 heterocycles. The third-order valence-electron chi connectivity index (χ3n) is 6.91. The molecule has 0 aromatic rings. The molecule has 4 aliphatic rings. The quantitative estimate of drug-likeness (QED) is 0.668. The van der Waals surface area contributed by atoms with E-state index in [9.17, 15) is 18.4 Å². The molecule has 0 radical (unpaired) electrons. The zero-order chi connectivity index (χ0) is 20.0. The average molecular weight is 397 g/mol. The number of nitrogens with one attached hydrogen (secondary N) is 3. The maximum Gasteiger partial charge on any atom is 0.247 e. The molecule has 7 unspecified atom stereocenters. The molecule has 3 N–H and O–H groups in total. The van der Waals surface area contributed by atoms with Crippen LogP contribution in [0.1, 0.15) is 39.5 Å². The Morgan fingerprint density at radius 2 is 2.11 bits per heavy atom. The minimum atomic E-state index is -1.32. The number of rotatable bonds is 3. The standard InChI is InChI=1S/C20H29F2N3O3/c1-9-12(20(27)25-14-3-4-23-10(2)18(9)14)7-17(26)24-15-8-28-16-6-11(21)5-13(22)19(15)16/h10-11,13-16,18-19,23H,3-8H2,1-2H3,(H,24,26)(H,25,27)/t10?,11?,13?,14?,15-,16?,18?,19?/m1/s1. The number of carbonyl (C=O) groups excluding carboxylic acids is 2. The van der Waals surface area contributed by atoms with Gasteiger partial charge >= 0.3 is 0 Å². The van der Waals surface area contributed by atoms with Crippen molar-refractivity contribution >= 4 is 11.8 Å². The molecule has 8 atom stereocenters. The van der Waals surface area contributed by atoms with Crippen LogP contribution in [-0.2, 0) is 14.3 Å².